The van der Waals surface area contributed by atoms with Crippen LogP contribution in [-0.2, 0) is 0 Å². The Hall–Kier alpha value is -3.17. The summed E-state index contributed by atoms with van der Waals surface area (Å²) in [6.45, 7) is 0. The molecule has 2 aromatic heterocycles. The SMILES string of the molecule is Clc1nc(-c2cccc(-c3ccccc3)c2)c2oc3ccccc3c2n1. The Bertz CT molecular complexity index is 1250. The second-order valence-corrected chi connectivity index (χ2v) is 6.40. The Kier molecular flexibility index (Phi) is 3.47. The average molecular weight is 357 g/mol. The molecule has 0 bridgehead atoms. The standard InChI is InChI=1S/C22H13ClN2O/c23-22-24-19(21-20(25-22)17-11-4-5-12-18(17)26-21)16-10-6-9-15(13-16)14-7-2-1-3-8-14/h1-13H. The van der Waals surface area contributed by atoms with Crippen LogP contribution in [0.5, 0.6) is 0 Å². The molecule has 0 aliphatic carbocycles. The number of fused-ring (bicyclic) bond motifs is 3. The maximum atomic E-state index is 6.22. The van der Waals surface area contributed by atoms with Crippen molar-refractivity contribution in [3.63, 3.8) is 0 Å². The molecule has 0 amide bonds. The first-order valence-electron chi connectivity index (χ1n) is 8.30. The van der Waals surface area contributed by atoms with Gasteiger partial charge in [-0.25, -0.2) is 9.97 Å². The Morgan fingerprint density at radius 3 is 2.31 bits per heavy atom. The third-order valence-electron chi connectivity index (χ3n) is 4.44. The number of hydrogen-bond acceptors (Lipinski definition) is 3. The van der Waals surface area contributed by atoms with Gasteiger partial charge in [0.15, 0.2) is 5.58 Å². The van der Waals surface area contributed by atoms with Crippen LogP contribution in [0.3, 0.4) is 0 Å². The summed E-state index contributed by atoms with van der Waals surface area (Å²) in [6.07, 6.45) is 0. The lowest BCUT2D eigenvalue weighted by atomic mass is 10.0. The molecule has 0 unspecified atom stereocenters. The zero-order chi connectivity index (χ0) is 17.5. The number of aromatic nitrogens is 2. The van der Waals surface area contributed by atoms with E-state index in [0.29, 0.717) is 11.3 Å². The van der Waals surface area contributed by atoms with Crippen LogP contribution in [-0.4, -0.2) is 9.97 Å². The van der Waals surface area contributed by atoms with Crippen molar-refractivity contribution in [2.24, 2.45) is 0 Å². The molecule has 0 N–H and O–H groups in total. The van der Waals surface area contributed by atoms with Crippen LogP contribution in [0.1, 0.15) is 0 Å². The molecule has 124 valence electrons. The molecule has 0 aliphatic rings. The summed E-state index contributed by atoms with van der Waals surface area (Å²) in [7, 11) is 0. The van der Waals surface area contributed by atoms with Gasteiger partial charge in [-0.3, -0.25) is 0 Å². The Balaban J connectivity index is 1.77. The van der Waals surface area contributed by atoms with Crippen molar-refractivity contribution >= 4 is 33.7 Å². The predicted octanol–water partition coefficient (Wildman–Crippen LogP) is 6.36. The Morgan fingerprint density at radius 2 is 1.42 bits per heavy atom. The minimum atomic E-state index is 0.212. The van der Waals surface area contributed by atoms with Crippen molar-refractivity contribution in [3.05, 3.63) is 84.1 Å². The van der Waals surface area contributed by atoms with Gasteiger partial charge in [-0.05, 0) is 40.9 Å². The maximum absolute atomic E-state index is 6.22. The minimum Gasteiger partial charge on any atom is -0.452 e. The first-order chi connectivity index (χ1) is 12.8. The summed E-state index contributed by atoms with van der Waals surface area (Å²) in [5.41, 5.74) is 6.08. The summed E-state index contributed by atoms with van der Waals surface area (Å²) >= 11 is 6.22. The van der Waals surface area contributed by atoms with Crippen molar-refractivity contribution in [3.8, 4) is 22.4 Å². The summed E-state index contributed by atoms with van der Waals surface area (Å²) in [4.78, 5) is 8.85. The lowest BCUT2D eigenvalue weighted by molar-refractivity contribution is 0.667. The predicted molar refractivity (Wildman–Crippen MR) is 105 cm³/mol. The third kappa shape index (κ3) is 2.45. The molecule has 4 heteroatoms. The summed E-state index contributed by atoms with van der Waals surface area (Å²) in [5.74, 6) is 0. The molecule has 5 aromatic rings. The van der Waals surface area contributed by atoms with Crippen molar-refractivity contribution in [2.45, 2.75) is 0 Å². The summed E-state index contributed by atoms with van der Waals surface area (Å²) in [5, 5.41) is 1.15. The van der Waals surface area contributed by atoms with Gasteiger partial charge in [0.05, 0.1) is 0 Å². The van der Waals surface area contributed by atoms with Crippen molar-refractivity contribution in [1.29, 1.82) is 0 Å². The second kappa shape index (κ2) is 5.97. The van der Waals surface area contributed by atoms with Gasteiger partial charge in [0.25, 0.3) is 0 Å². The van der Waals surface area contributed by atoms with E-state index in [4.69, 9.17) is 16.0 Å². The molecule has 0 aliphatic heterocycles. The first-order valence-corrected chi connectivity index (χ1v) is 8.68. The van der Waals surface area contributed by atoms with Crippen molar-refractivity contribution in [1.82, 2.24) is 9.97 Å². The topological polar surface area (TPSA) is 38.9 Å². The molecular formula is C22H13ClN2O. The highest BCUT2D eigenvalue weighted by Gasteiger charge is 2.16. The Labute approximate surface area is 154 Å². The number of hydrogen-bond donors (Lipinski definition) is 0. The van der Waals surface area contributed by atoms with Gasteiger partial charge in [-0.2, -0.15) is 0 Å². The fraction of sp³-hybridized carbons (Fsp3) is 0. The molecule has 3 aromatic carbocycles. The highest BCUT2D eigenvalue weighted by molar-refractivity contribution is 6.29. The van der Waals surface area contributed by atoms with E-state index < -0.39 is 0 Å². The summed E-state index contributed by atoms with van der Waals surface area (Å²) in [6, 6.07) is 26.3. The number of furan rings is 1. The van der Waals surface area contributed by atoms with Gasteiger partial charge in [0.1, 0.15) is 16.8 Å². The number of rotatable bonds is 2. The minimum absolute atomic E-state index is 0.212. The zero-order valence-electron chi connectivity index (χ0n) is 13.7. The summed E-state index contributed by atoms with van der Waals surface area (Å²) < 4.78 is 6.05. The number of halogens is 1. The van der Waals surface area contributed by atoms with Crippen LogP contribution in [0.4, 0.5) is 0 Å². The van der Waals surface area contributed by atoms with Crippen LogP contribution in [0.2, 0.25) is 5.28 Å². The van der Waals surface area contributed by atoms with Crippen LogP contribution in [0, 0.1) is 0 Å². The van der Waals surface area contributed by atoms with E-state index in [1.54, 1.807) is 0 Å². The van der Waals surface area contributed by atoms with Crippen LogP contribution in [0.15, 0.2) is 83.3 Å². The van der Waals surface area contributed by atoms with E-state index in [1.165, 1.54) is 0 Å². The van der Waals surface area contributed by atoms with Gasteiger partial charge in [-0.15, -0.1) is 0 Å². The quantitative estimate of drug-likeness (QED) is 0.345. The monoisotopic (exact) mass is 356 g/mol. The lowest BCUT2D eigenvalue weighted by Gasteiger charge is -2.06. The van der Waals surface area contributed by atoms with E-state index in [0.717, 1.165) is 33.2 Å². The van der Waals surface area contributed by atoms with Gasteiger partial charge >= 0.3 is 0 Å². The van der Waals surface area contributed by atoms with E-state index in [9.17, 15) is 0 Å². The molecule has 0 fully saturated rings. The third-order valence-corrected chi connectivity index (χ3v) is 4.60. The number of para-hydroxylation sites is 1. The fourth-order valence-electron chi connectivity index (χ4n) is 3.24. The van der Waals surface area contributed by atoms with Crippen LogP contribution in [0.25, 0.3) is 44.5 Å². The van der Waals surface area contributed by atoms with Crippen LogP contribution >= 0.6 is 11.6 Å². The van der Waals surface area contributed by atoms with Crippen molar-refractivity contribution < 1.29 is 4.42 Å². The fourth-order valence-corrected chi connectivity index (χ4v) is 3.40. The second-order valence-electron chi connectivity index (χ2n) is 6.06. The number of nitrogens with zero attached hydrogens (tertiary/aromatic N) is 2. The molecule has 5 rings (SSSR count). The maximum Gasteiger partial charge on any atom is 0.223 e. The lowest BCUT2D eigenvalue weighted by Crippen LogP contribution is -1.90. The molecule has 0 saturated heterocycles. The van der Waals surface area contributed by atoms with Gasteiger partial charge in [0.2, 0.25) is 5.28 Å². The van der Waals surface area contributed by atoms with Gasteiger partial charge in [0, 0.05) is 10.9 Å². The van der Waals surface area contributed by atoms with Gasteiger partial charge < -0.3 is 4.42 Å². The molecule has 0 saturated carbocycles. The smallest absolute Gasteiger partial charge is 0.223 e. The van der Waals surface area contributed by atoms with E-state index in [1.807, 2.05) is 54.6 Å². The molecule has 26 heavy (non-hydrogen) atoms. The van der Waals surface area contributed by atoms with Crippen LogP contribution < -0.4 is 0 Å². The van der Waals surface area contributed by atoms with E-state index >= 15 is 0 Å². The zero-order valence-corrected chi connectivity index (χ0v) is 14.4. The van der Waals surface area contributed by atoms with E-state index in [-0.39, 0.29) is 5.28 Å². The number of benzene rings is 3. The van der Waals surface area contributed by atoms with Crippen molar-refractivity contribution in [2.75, 3.05) is 0 Å². The average Bonchev–Trinajstić information content (AvgIpc) is 3.07. The highest BCUT2D eigenvalue weighted by atomic mass is 35.5. The Morgan fingerprint density at radius 1 is 0.692 bits per heavy atom. The molecule has 0 radical (unpaired) electrons. The molecular weight excluding hydrogens is 344 g/mol. The normalized spacial score (nSPS) is 11.3. The largest absolute Gasteiger partial charge is 0.452 e. The highest BCUT2D eigenvalue weighted by Crippen LogP contribution is 2.35. The van der Waals surface area contributed by atoms with E-state index in [2.05, 4.69) is 34.2 Å². The molecule has 2 heterocycles. The molecule has 0 atom stereocenters. The van der Waals surface area contributed by atoms with Gasteiger partial charge in [-0.1, -0.05) is 60.7 Å². The molecule has 3 nitrogen and oxygen atoms in total. The first kappa shape index (κ1) is 15.1. The molecule has 0 spiro atoms.